The molecule has 1 N–H and O–H groups in total. The summed E-state index contributed by atoms with van der Waals surface area (Å²) in [5.74, 6) is -1.68. The highest BCUT2D eigenvalue weighted by molar-refractivity contribution is 5.47. The van der Waals surface area contributed by atoms with Gasteiger partial charge >= 0.3 is 6.18 Å². The largest absolute Gasteiger partial charge is 0.436 e. The molecule has 4 nitrogen and oxygen atoms in total. The van der Waals surface area contributed by atoms with E-state index in [1.165, 1.54) is 6.92 Å². The molecule has 0 bridgehead atoms. The average Bonchev–Trinajstić information content (AvgIpc) is 2.77. The number of hydrogen-bond acceptors (Lipinski definition) is 4. The Labute approximate surface area is 113 Å². The zero-order valence-corrected chi connectivity index (χ0v) is 10.9. The predicted molar refractivity (Wildman–Crippen MR) is 63.9 cm³/mol. The summed E-state index contributed by atoms with van der Waals surface area (Å²) in [6, 6.07) is 0. The second-order valence-electron chi connectivity index (χ2n) is 5.54. The fourth-order valence-corrected chi connectivity index (χ4v) is 2.92. The van der Waals surface area contributed by atoms with E-state index in [4.69, 9.17) is 0 Å². The van der Waals surface area contributed by atoms with E-state index in [0.29, 0.717) is 13.1 Å². The summed E-state index contributed by atoms with van der Waals surface area (Å²) in [7, 11) is 0. The summed E-state index contributed by atoms with van der Waals surface area (Å²) < 4.78 is 52.2. The van der Waals surface area contributed by atoms with E-state index in [1.54, 1.807) is 4.90 Å². The lowest BCUT2D eigenvalue weighted by atomic mass is 9.79. The van der Waals surface area contributed by atoms with Crippen molar-refractivity contribution in [3.8, 4) is 0 Å². The molecule has 20 heavy (non-hydrogen) atoms. The Hall–Kier alpha value is -1.44. The van der Waals surface area contributed by atoms with E-state index in [9.17, 15) is 17.6 Å². The SMILES string of the molecule is Cc1nc(N2CC3(CCNC3)C2)c(F)c(C(F)(F)F)n1. The van der Waals surface area contributed by atoms with Gasteiger partial charge in [-0.2, -0.15) is 13.2 Å². The number of nitrogens with zero attached hydrogens (tertiary/aromatic N) is 3. The Balaban J connectivity index is 1.89. The lowest BCUT2D eigenvalue weighted by molar-refractivity contribution is -0.143. The van der Waals surface area contributed by atoms with Gasteiger partial charge in [0.2, 0.25) is 0 Å². The van der Waals surface area contributed by atoms with Crippen molar-refractivity contribution in [3.63, 3.8) is 0 Å². The van der Waals surface area contributed by atoms with E-state index >= 15 is 0 Å². The summed E-state index contributed by atoms with van der Waals surface area (Å²) in [6.45, 7) is 4.12. The highest BCUT2D eigenvalue weighted by atomic mass is 19.4. The molecule has 0 atom stereocenters. The third kappa shape index (κ3) is 2.11. The molecule has 1 aromatic heterocycles. The van der Waals surface area contributed by atoms with Crippen LogP contribution in [-0.4, -0.2) is 36.1 Å². The molecule has 2 aliphatic rings. The van der Waals surface area contributed by atoms with Crippen LogP contribution in [0.5, 0.6) is 0 Å². The maximum Gasteiger partial charge on any atom is 0.436 e. The maximum atomic E-state index is 14.0. The third-order valence-electron chi connectivity index (χ3n) is 3.90. The molecule has 0 unspecified atom stereocenters. The number of aryl methyl sites for hydroxylation is 1. The molecule has 3 rings (SSSR count). The number of rotatable bonds is 1. The number of halogens is 4. The van der Waals surface area contributed by atoms with Crippen LogP contribution >= 0.6 is 0 Å². The average molecular weight is 290 g/mol. The monoisotopic (exact) mass is 290 g/mol. The highest BCUT2D eigenvalue weighted by Gasteiger charge is 2.47. The quantitative estimate of drug-likeness (QED) is 0.800. The molecule has 8 heteroatoms. The zero-order valence-electron chi connectivity index (χ0n) is 10.9. The minimum absolute atomic E-state index is 0.0592. The molecule has 2 saturated heterocycles. The first-order valence-corrected chi connectivity index (χ1v) is 6.38. The van der Waals surface area contributed by atoms with E-state index in [1.807, 2.05) is 0 Å². The van der Waals surface area contributed by atoms with Crippen LogP contribution in [0, 0.1) is 18.2 Å². The van der Waals surface area contributed by atoms with Gasteiger partial charge in [-0.3, -0.25) is 0 Å². The Morgan fingerprint density at radius 3 is 2.50 bits per heavy atom. The van der Waals surface area contributed by atoms with Crippen LogP contribution in [-0.2, 0) is 6.18 Å². The molecule has 0 amide bonds. The number of alkyl halides is 3. The molecule has 1 spiro atoms. The highest BCUT2D eigenvalue weighted by Crippen LogP contribution is 2.41. The molecule has 110 valence electrons. The van der Waals surface area contributed by atoms with Gasteiger partial charge in [-0.05, 0) is 19.9 Å². The first-order chi connectivity index (χ1) is 9.31. The standard InChI is InChI=1S/C12H14F4N4/c1-7-18-9(12(14,15)16)8(13)10(19-7)20-5-11(6-20)2-3-17-4-11/h17H,2-6H2,1H3. The summed E-state index contributed by atoms with van der Waals surface area (Å²) in [6.07, 6.45) is -3.84. The van der Waals surface area contributed by atoms with Crippen molar-refractivity contribution in [2.75, 3.05) is 31.1 Å². The van der Waals surface area contributed by atoms with Crippen LogP contribution in [0.1, 0.15) is 17.9 Å². The van der Waals surface area contributed by atoms with Crippen LogP contribution in [0.15, 0.2) is 0 Å². The summed E-state index contributed by atoms with van der Waals surface area (Å²) in [5.41, 5.74) is -1.42. The molecule has 2 aliphatic heterocycles. The smallest absolute Gasteiger partial charge is 0.353 e. The molecule has 0 saturated carbocycles. The second kappa shape index (κ2) is 4.28. The Morgan fingerprint density at radius 1 is 1.25 bits per heavy atom. The van der Waals surface area contributed by atoms with Crippen molar-refractivity contribution < 1.29 is 17.6 Å². The topological polar surface area (TPSA) is 41.1 Å². The van der Waals surface area contributed by atoms with Crippen LogP contribution in [0.4, 0.5) is 23.4 Å². The van der Waals surface area contributed by atoms with E-state index in [2.05, 4.69) is 15.3 Å². The van der Waals surface area contributed by atoms with Crippen molar-refractivity contribution in [3.05, 3.63) is 17.3 Å². The molecule has 3 heterocycles. The lowest BCUT2D eigenvalue weighted by Gasteiger charge is -2.48. The Kier molecular flexibility index (Phi) is 2.89. The minimum Gasteiger partial charge on any atom is -0.353 e. The minimum atomic E-state index is -4.80. The number of anilines is 1. The van der Waals surface area contributed by atoms with Gasteiger partial charge < -0.3 is 10.2 Å². The normalized spacial score (nSPS) is 21.4. The Bertz CT molecular complexity index is 529. The van der Waals surface area contributed by atoms with Gasteiger partial charge in [0.05, 0.1) is 0 Å². The van der Waals surface area contributed by atoms with Crippen LogP contribution in [0.25, 0.3) is 0 Å². The summed E-state index contributed by atoms with van der Waals surface area (Å²) in [4.78, 5) is 8.59. The molecule has 0 aliphatic carbocycles. The van der Waals surface area contributed by atoms with Gasteiger partial charge in [0.25, 0.3) is 0 Å². The molecular weight excluding hydrogens is 276 g/mol. The van der Waals surface area contributed by atoms with Crippen LogP contribution in [0.2, 0.25) is 0 Å². The Morgan fingerprint density at radius 2 is 1.95 bits per heavy atom. The molecule has 0 aromatic carbocycles. The van der Waals surface area contributed by atoms with Crippen LogP contribution < -0.4 is 10.2 Å². The van der Waals surface area contributed by atoms with Gasteiger partial charge in [0.1, 0.15) is 5.82 Å². The first kappa shape index (κ1) is 13.5. The van der Waals surface area contributed by atoms with Gasteiger partial charge in [-0.1, -0.05) is 0 Å². The fourth-order valence-electron chi connectivity index (χ4n) is 2.92. The summed E-state index contributed by atoms with van der Waals surface area (Å²) in [5, 5.41) is 3.22. The number of hydrogen-bond donors (Lipinski definition) is 1. The molecule has 0 radical (unpaired) electrons. The van der Waals surface area contributed by atoms with Gasteiger partial charge in [0.15, 0.2) is 17.3 Å². The zero-order chi connectivity index (χ0) is 14.5. The van der Waals surface area contributed by atoms with Gasteiger partial charge in [0, 0.05) is 25.0 Å². The third-order valence-corrected chi connectivity index (χ3v) is 3.90. The predicted octanol–water partition coefficient (Wildman–Crippen LogP) is 1.74. The first-order valence-electron chi connectivity index (χ1n) is 6.38. The van der Waals surface area contributed by atoms with Crippen LogP contribution in [0.3, 0.4) is 0 Å². The number of aromatic nitrogens is 2. The van der Waals surface area contributed by atoms with Crippen molar-refractivity contribution >= 4 is 5.82 Å². The summed E-state index contributed by atoms with van der Waals surface area (Å²) >= 11 is 0. The lowest BCUT2D eigenvalue weighted by Crippen LogP contribution is -2.58. The fraction of sp³-hybridized carbons (Fsp3) is 0.667. The maximum absolute atomic E-state index is 14.0. The van der Waals surface area contributed by atoms with Crippen molar-refractivity contribution in [2.45, 2.75) is 19.5 Å². The van der Waals surface area contributed by atoms with Crippen molar-refractivity contribution in [2.24, 2.45) is 5.41 Å². The van der Waals surface area contributed by atoms with Crippen molar-refractivity contribution in [1.29, 1.82) is 0 Å². The molecular formula is C12H14F4N4. The molecule has 1 aromatic rings. The van der Waals surface area contributed by atoms with E-state index in [0.717, 1.165) is 19.5 Å². The van der Waals surface area contributed by atoms with Gasteiger partial charge in [-0.15, -0.1) is 0 Å². The second-order valence-corrected chi connectivity index (χ2v) is 5.54. The number of nitrogens with one attached hydrogen (secondary N) is 1. The van der Waals surface area contributed by atoms with Gasteiger partial charge in [-0.25, -0.2) is 14.4 Å². The van der Waals surface area contributed by atoms with E-state index < -0.39 is 17.7 Å². The molecule has 2 fully saturated rings. The van der Waals surface area contributed by atoms with Crippen molar-refractivity contribution in [1.82, 2.24) is 15.3 Å². The van der Waals surface area contributed by atoms with E-state index in [-0.39, 0.29) is 17.1 Å².